The third-order valence-corrected chi connectivity index (χ3v) is 5.01. The quantitative estimate of drug-likeness (QED) is 0.841. The van der Waals surface area contributed by atoms with Gasteiger partial charge in [-0.15, -0.1) is 0 Å². The fourth-order valence-corrected chi connectivity index (χ4v) is 3.57. The number of hydrogen-bond donors (Lipinski definition) is 0. The second-order valence-electron chi connectivity index (χ2n) is 7.25. The molecule has 3 rings (SSSR count). The lowest BCUT2D eigenvalue weighted by molar-refractivity contribution is 0.0702. The Morgan fingerprint density at radius 3 is 2.65 bits per heavy atom. The molecule has 1 fully saturated rings. The molecule has 0 aliphatic carbocycles. The fourth-order valence-electron chi connectivity index (χ4n) is 3.57. The van der Waals surface area contributed by atoms with E-state index < -0.39 is 0 Å². The Balaban J connectivity index is 1.75. The number of nitrogens with zero attached hydrogens (tertiary/aromatic N) is 3. The highest BCUT2D eigenvalue weighted by molar-refractivity contribution is 5.93. The molecular weight excluding hydrogens is 329 g/mol. The monoisotopic (exact) mass is 355 g/mol. The molecule has 1 aromatic carbocycles. The van der Waals surface area contributed by atoms with Crippen LogP contribution in [0.5, 0.6) is 0 Å². The molecular formula is C21H26FN3O. The highest BCUT2D eigenvalue weighted by atomic mass is 19.1. The Morgan fingerprint density at radius 2 is 2.00 bits per heavy atom. The van der Waals surface area contributed by atoms with Gasteiger partial charge in [-0.25, -0.2) is 4.39 Å². The van der Waals surface area contributed by atoms with E-state index in [9.17, 15) is 9.18 Å². The van der Waals surface area contributed by atoms with E-state index >= 15 is 0 Å². The molecule has 0 saturated carbocycles. The van der Waals surface area contributed by atoms with Gasteiger partial charge in [0.1, 0.15) is 5.82 Å². The van der Waals surface area contributed by atoms with Crippen molar-refractivity contribution in [1.82, 2.24) is 14.8 Å². The standard InChI is InChI=1S/C21H26FN3O/c1-16(2)20-15-25(21(26)18-5-3-10-23-13-18)12-4-11-24(20)14-17-6-8-19(22)9-7-17/h3,5-10,13,16,20H,4,11-12,14-15H2,1-2H3/t20-/m1/s1. The van der Waals surface area contributed by atoms with Crippen molar-refractivity contribution in [2.24, 2.45) is 5.92 Å². The van der Waals surface area contributed by atoms with Gasteiger partial charge in [0.25, 0.3) is 5.91 Å². The zero-order valence-corrected chi connectivity index (χ0v) is 15.4. The third-order valence-electron chi connectivity index (χ3n) is 5.01. The van der Waals surface area contributed by atoms with E-state index in [1.165, 1.54) is 12.1 Å². The number of benzene rings is 1. The summed E-state index contributed by atoms with van der Waals surface area (Å²) in [7, 11) is 0. The molecule has 0 N–H and O–H groups in total. The number of halogens is 1. The normalized spacial score (nSPS) is 18.8. The number of pyridine rings is 1. The summed E-state index contributed by atoms with van der Waals surface area (Å²) in [6.45, 7) is 7.54. The molecule has 1 saturated heterocycles. The molecule has 2 aromatic rings. The SMILES string of the molecule is CC(C)[C@H]1CN(C(=O)c2cccnc2)CCCN1Cc1ccc(F)cc1. The van der Waals surface area contributed by atoms with E-state index in [1.54, 1.807) is 18.5 Å². The van der Waals surface area contributed by atoms with E-state index in [4.69, 9.17) is 0 Å². The first-order valence-electron chi connectivity index (χ1n) is 9.22. The molecule has 1 aliphatic heterocycles. The van der Waals surface area contributed by atoms with Crippen molar-refractivity contribution < 1.29 is 9.18 Å². The average molecular weight is 355 g/mol. The van der Waals surface area contributed by atoms with Crippen LogP contribution in [0.2, 0.25) is 0 Å². The van der Waals surface area contributed by atoms with Crippen LogP contribution in [0.4, 0.5) is 4.39 Å². The first-order chi connectivity index (χ1) is 12.5. The van der Waals surface area contributed by atoms with Gasteiger partial charge in [0.2, 0.25) is 0 Å². The summed E-state index contributed by atoms with van der Waals surface area (Å²) in [6, 6.07) is 10.6. The topological polar surface area (TPSA) is 36.4 Å². The van der Waals surface area contributed by atoms with Gasteiger partial charge >= 0.3 is 0 Å². The minimum Gasteiger partial charge on any atom is -0.337 e. The molecule has 0 unspecified atom stereocenters. The van der Waals surface area contributed by atoms with Crippen molar-refractivity contribution >= 4 is 5.91 Å². The van der Waals surface area contributed by atoms with E-state index in [2.05, 4.69) is 23.7 Å². The zero-order valence-electron chi connectivity index (χ0n) is 15.4. The molecule has 1 aliphatic rings. The van der Waals surface area contributed by atoms with Crippen LogP contribution < -0.4 is 0 Å². The third kappa shape index (κ3) is 4.47. The lowest BCUT2D eigenvalue weighted by atomic mass is 10.0. The molecule has 0 bridgehead atoms. The molecule has 1 amide bonds. The fraction of sp³-hybridized carbons (Fsp3) is 0.429. The summed E-state index contributed by atoms with van der Waals surface area (Å²) < 4.78 is 13.2. The second kappa shape index (κ2) is 8.41. The average Bonchev–Trinajstić information content (AvgIpc) is 2.86. The molecule has 5 heteroatoms. The first kappa shape index (κ1) is 18.5. The molecule has 1 atom stereocenters. The maximum absolute atomic E-state index is 13.2. The Kier molecular flexibility index (Phi) is 5.99. The molecule has 0 spiro atoms. The van der Waals surface area contributed by atoms with Crippen molar-refractivity contribution in [3.63, 3.8) is 0 Å². The smallest absolute Gasteiger partial charge is 0.255 e. The first-order valence-corrected chi connectivity index (χ1v) is 9.22. The molecule has 2 heterocycles. The summed E-state index contributed by atoms with van der Waals surface area (Å²) in [5, 5.41) is 0. The van der Waals surface area contributed by atoms with Crippen molar-refractivity contribution in [2.45, 2.75) is 32.9 Å². The minimum atomic E-state index is -0.210. The van der Waals surface area contributed by atoms with Gasteiger partial charge in [-0.3, -0.25) is 14.7 Å². The van der Waals surface area contributed by atoms with E-state index in [1.807, 2.05) is 23.1 Å². The Bertz CT molecular complexity index is 718. The number of carbonyl (C=O) groups is 1. The van der Waals surface area contributed by atoms with Gasteiger partial charge in [0.15, 0.2) is 0 Å². The summed E-state index contributed by atoms with van der Waals surface area (Å²) in [5.74, 6) is 0.253. The number of carbonyl (C=O) groups excluding carboxylic acids is 1. The maximum atomic E-state index is 13.2. The highest BCUT2D eigenvalue weighted by Gasteiger charge is 2.29. The van der Waals surface area contributed by atoms with Crippen LogP contribution in [0, 0.1) is 11.7 Å². The molecule has 138 valence electrons. The van der Waals surface area contributed by atoms with Gasteiger partial charge in [-0.1, -0.05) is 26.0 Å². The van der Waals surface area contributed by atoms with E-state index in [0.29, 0.717) is 18.0 Å². The number of aromatic nitrogens is 1. The predicted octanol–water partition coefficient (Wildman–Crippen LogP) is 3.59. The summed E-state index contributed by atoms with van der Waals surface area (Å²) >= 11 is 0. The van der Waals surface area contributed by atoms with E-state index in [-0.39, 0.29) is 17.8 Å². The lowest BCUT2D eigenvalue weighted by Crippen LogP contribution is -2.45. The predicted molar refractivity (Wildman–Crippen MR) is 100 cm³/mol. The van der Waals surface area contributed by atoms with Gasteiger partial charge in [0.05, 0.1) is 5.56 Å². The highest BCUT2D eigenvalue weighted by Crippen LogP contribution is 2.21. The molecule has 1 aromatic heterocycles. The molecule has 4 nitrogen and oxygen atoms in total. The molecule has 26 heavy (non-hydrogen) atoms. The van der Waals surface area contributed by atoms with Crippen molar-refractivity contribution in [3.8, 4) is 0 Å². The van der Waals surface area contributed by atoms with Crippen molar-refractivity contribution in [1.29, 1.82) is 0 Å². The van der Waals surface area contributed by atoms with Gasteiger partial charge in [-0.2, -0.15) is 0 Å². The Morgan fingerprint density at radius 1 is 1.23 bits per heavy atom. The van der Waals surface area contributed by atoms with Gasteiger partial charge in [-0.05, 0) is 42.2 Å². The summed E-state index contributed by atoms with van der Waals surface area (Å²) in [6.07, 6.45) is 4.24. The van der Waals surface area contributed by atoms with Crippen LogP contribution in [0.1, 0.15) is 36.2 Å². The Hall–Kier alpha value is -2.27. The number of rotatable bonds is 4. The summed E-state index contributed by atoms with van der Waals surface area (Å²) in [4.78, 5) is 21.3. The largest absolute Gasteiger partial charge is 0.337 e. The molecule has 0 radical (unpaired) electrons. The van der Waals surface area contributed by atoms with Crippen LogP contribution in [0.15, 0.2) is 48.8 Å². The van der Waals surface area contributed by atoms with Crippen LogP contribution in [0.25, 0.3) is 0 Å². The van der Waals surface area contributed by atoms with Crippen LogP contribution in [-0.4, -0.2) is 46.4 Å². The van der Waals surface area contributed by atoms with Crippen molar-refractivity contribution in [2.75, 3.05) is 19.6 Å². The maximum Gasteiger partial charge on any atom is 0.255 e. The van der Waals surface area contributed by atoms with Crippen LogP contribution in [0.3, 0.4) is 0 Å². The summed E-state index contributed by atoms with van der Waals surface area (Å²) in [5.41, 5.74) is 1.74. The van der Waals surface area contributed by atoms with Crippen LogP contribution >= 0.6 is 0 Å². The minimum absolute atomic E-state index is 0.0485. The van der Waals surface area contributed by atoms with Gasteiger partial charge in [0, 0.05) is 44.6 Å². The van der Waals surface area contributed by atoms with Crippen LogP contribution in [-0.2, 0) is 6.54 Å². The van der Waals surface area contributed by atoms with E-state index in [0.717, 1.165) is 31.6 Å². The number of hydrogen-bond acceptors (Lipinski definition) is 3. The van der Waals surface area contributed by atoms with Gasteiger partial charge < -0.3 is 4.90 Å². The zero-order chi connectivity index (χ0) is 18.5. The number of amides is 1. The Labute approximate surface area is 154 Å². The lowest BCUT2D eigenvalue weighted by Gasteiger charge is -2.34. The second-order valence-corrected chi connectivity index (χ2v) is 7.25. The van der Waals surface area contributed by atoms with Crippen molar-refractivity contribution in [3.05, 3.63) is 65.7 Å².